The van der Waals surface area contributed by atoms with Crippen molar-refractivity contribution < 1.29 is 13.2 Å². The van der Waals surface area contributed by atoms with Gasteiger partial charge < -0.3 is 4.74 Å². The number of hydrogen-bond donors (Lipinski definition) is 2. The molecule has 0 aliphatic heterocycles. The lowest BCUT2D eigenvalue weighted by Gasteiger charge is -2.12. The smallest absolute Gasteiger partial charge is 0.241 e. The molecule has 1 aromatic carbocycles. The second kappa shape index (κ2) is 5.37. The van der Waals surface area contributed by atoms with E-state index in [2.05, 4.69) is 19.9 Å². The normalized spacial score (nSPS) is 13.2. The number of nitrogens with zero attached hydrogens (tertiary/aromatic N) is 2. The highest BCUT2D eigenvalue weighted by Gasteiger charge is 2.19. The molecule has 19 heavy (non-hydrogen) atoms. The Morgan fingerprint density at radius 1 is 1.32 bits per heavy atom. The van der Waals surface area contributed by atoms with Gasteiger partial charge >= 0.3 is 0 Å². The minimum absolute atomic E-state index is 0.166. The van der Waals surface area contributed by atoms with Crippen molar-refractivity contribution in [2.45, 2.75) is 17.9 Å². The molecule has 1 atom stereocenters. The van der Waals surface area contributed by atoms with Crippen LogP contribution < -0.4 is 9.46 Å². The van der Waals surface area contributed by atoms with Gasteiger partial charge in [0.25, 0.3) is 0 Å². The number of aromatic amines is 1. The first kappa shape index (κ1) is 13.5. The Kier molecular flexibility index (Phi) is 3.82. The quantitative estimate of drug-likeness (QED) is 0.847. The van der Waals surface area contributed by atoms with Gasteiger partial charge in [-0.2, -0.15) is 5.10 Å². The van der Waals surface area contributed by atoms with Gasteiger partial charge in [-0.25, -0.2) is 18.1 Å². The maximum atomic E-state index is 12.1. The number of nitrogens with one attached hydrogen (secondary N) is 2. The van der Waals surface area contributed by atoms with E-state index in [0.717, 1.165) is 0 Å². The SMILES string of the molecule is COc1ccc(S(=O)(=O)NC(C)c2ncn[nH]2)cc1. The average Bonchev–Trinajstić information content (AvgIpc) is 2.92. The first-order valence-electron chi connectivity index (χ1n) is 5.54. The topological polar surface area (TPSA) is 97.0 Å². The molecule has 0 bridgehead atoms. The van der Waals surface area contributed by atoms with E-state index >= 15 is 0 Å². The largest absolute Gasteiger partial charge is 0.497 e. The summed E-state index contributed by atoms with van der Waals surface area (Å²) in [6.07, 6.45) is 1.33. The van der Waals surface area contributed by atoms with Gasteiger partial charge in [0, 0.05) is 0 Å². The molecular weight excluding hydrogens is 268 g/mol. The van der Waals surface area contributed by atoms with Crippen LogP contribution in [0.1, 0.15) is 18.8 Å². The zero-order chi connectivity index (χ0) is 13.9. The fraction of sp³-hybridized carbons (Fsp3) is 0.273. The van der Waals surface area contributed by atoms with Crippen molar-refractivity contribution in [1.29, 1.82) is 0 Å². The van der Waals surface area contributed by atoms with Crippen molar-refractivity contribution in [3.8, 4) is 5.75 Å². The highest BCUT2D eigenvalue weighted by Crippen LogP contribution is 2.17. The summed E-state index contributed by atoms with van der Waals surface area (Å²) in [5.41, 5.74) is 0. The van der Waals surface area contributed by atoms with Gasteiger partial charge in [0.05, 0.1) is 18.0 Å². The highest BCUT2D eigenvalue weighted by molar-refractivity contribution is 7.89. The predicted octanol–water partition coefficient (Wildman–Crippen LogP) is 0.853. The minimum Gasteiger partial charge on any atom is -0.497 e. The summed E-state index contributed by atoms with van der Waals surface area (Å²) in [5, 5.41) is 6.30. The monoisotopic (exact) mass is 282 g/mol. The van der Waals surface area contributed by atoms with Crippen molar-refractivity contribution in [1.82, 2.24) is 19.9 Å². The number of aromatic nitrogens is 3. The molecule has 0 saturated carbocycles. The number of methoxy groups -OCH3 is 1. The highest BCUT2D eigenvalue weighted by atomic mass is 32.2. The molecule has 0 spiro atoms. The number of sulfonamides is 1. The molecule has 1 aromatic heterocycles. The summed E-state index contributed by atoms with van der Waals surface area (Å²) in [6, 6.07) is 5.65. The van der Waals surface area contributed by atoms with Gasteiger partial charge in [0.1, 0.15) is 17.9 Å². The number of H-pyrrole nitrogens is 1. The Morgan fingerprint density at radius 3 is 2.53 bits per heavy atom. The van der Waals surface area contributed by atoms with E-state index in [0.29, 0.717) is 11.6 Å². The number of rotatable bonds is 5. The van der Waals surface area contributed by atoms with Crippen molar-refractivity contribution in [3.05, 3.63) is 36.4 Å². The van der Waals surface area contributed by atoms with Gasteiger partial charge in [0.2, 0.25) is 10.0 Å². The van der Waals surface area contributed by atoms with Gasteiger partial charge in [-0.15, -0.1) is 0 Å². The third kappa shape index (κ3) is 3.09. The first-order valence-corrected chi connectivity index (χ1v) is 7.03. The molecule has 2 aromatic rings. The van der Waals surface area contributed by atoms with Crippen molar-refractivity contribution >= 4 is 10.0 Å². The molecule has 2 N–H and O–H groups in total. The molecule has 0 fully saturated rings. The second-order valence-electron chi connectivity index (χ2n) is 3.89. The molecule has 1 heterocycles. The molecule has 0 saturated heterocycles. The van der Waals surface area contributed by atoms with E-state index in [-0.39, 0.29) is 4.90 Å². The summed E-state index contributed by atoms with van der Waals surface area (Å²) in [4.78, 5) is 4.07. The van der Waals surface area contributed by atoms with Crippen LogP contribution in [0.25, 0.3) is 0 Å². The predicted molar refractivity (Wildman–Crippen MR) is 68.1 cm³/mol. The van der Waals surface area contributed by atoms with Gasteiger partial charge in [-0.05, 0) is 31.2 Å². The van der Waals surface area contributed by atoms with Crippen LogP contribution in [0.15, 0.2) is 35.5 Å². The van der Waals surface area contributed by atoms with Crippen LogP contribution in [-0.2, 0) is 10.0 Å². The summed E-state index contributed by atoms with van der Waals surface area (Å²) >= 11 is 0. The van der Waals surface area contributed by atoms with E-state index in [9.17, 15) is 8.42 Å². The summed E-state index contributed by atoms with van der Waals surface area (Å²) in [7, 11) is -2.08. The lowest BCUT2D eigenvalue weighted by Crippen LogP contribution is -2.27. The van der Waals surface area contributed by atoms with E-state index in [1.165, 1.54) is 25.6 Å². The van der Waals surface area contributed by atoms with E-state index in [1.54, 1.807) is 19.1 Å². The Labute approximate surface area is 111 Å². The lowest BCUT2D eigenvalue weighted by atomic mass is 10.3. The summed E-state index contributed by atoms with van der Waals surface area (Å²) < 4.78 is 31.7. The Hall–Kier alpha value is -1.93. The zero-order valence-electron chi connectivity index (χ0n) is 10.5. The van der Waals surface area contributed by atoms with Crippen LogP contribution in [0.2, 0.25) is 0 Å². The van der Waals surface area contributed by atoms with Crippen LogP contribution in [-0.4, -0.2) is 30.7 Å². The minimum atomic E-state index is -3.60. The lowest BCUT2D eigenvalue weighted by molar-refractivity contribution is 0.414. The molecule has 7 nitrogen and oxygen atoms in total. The average molecular weight is 282 g/mol. The van der Waals surface area contributed by atoms with Gasteiger partial charge in [-0.3, -0.25) is 5.10 Å². The van der Waals surface area contributed by atoms with Crippen LogP contribution in [0, 0.1) is 0 Å². The van der Waals surface area contributed by atoms with Crippen LogP contribution in [0.3, 0.4) is 0 Å². The Morgan fingerprint density at radius 2 is 2.00 bits per heavy atom. The van der Waals surface area contributed by atoms with Gasteiger partial charge in [0.15, 0.2) is 0 Å². The summed E-state index contributed by atoms with van der Waals surface area (Å²) in [6.45, 7) is 1.68. The maximum absolute atomic E-state index is 12.1. The molecule has 8 heteroatoms. The first-order chi connectivity index (χ1) is 9.03. The van der Waals surface area contributed by atoms with Crippen molar-refractivity contribution in [2.24, 2.45) is 0 Å². The molecule has 1 unspecified atom stereocenters. The molecule has 0 radical (unpaired) electrons. The van der Waals surface area contributed by atoms with Gasteiger partial charge in [-0.1, -0.05) is 0 Å². The Balaban J connectivity index is 2.17. The van der Waals surface area contributed by atoms with E-state index < -0.39 is 16.1 Å². The van der Waals surface area contributed by atoms with Crippen molar-refractivity contribution in [3.63, 3.8) is 0 Å². The fourth-order valence-electron chi connectivity index (χ4n) is 1.54. The molecule has 102 valence electrons. The molecule has 0 aliphatic rings. The fourth-order valence-corrected chi connectivity index (χ4v) is 2.74. The standard InChI is InChI=1S/C11H14N4O3S/c1-8(11-12-7-13-14-11)15-19(16,17)10-5-3-9(18-2)4-6-10/h3-8,15H,1-2H3,(H,12,13,14). The van der Waals surface area contributed by atoms with E-state index in [4.69, 9.17) is 4.74 Å². The number of hydrogen-bond acceptors (Lipinski definition) is 5. The van der Waals surface area contributed by atoms with Crippen LogP contribution in [0.5, 0.6) is 5.75 Å². The number of benzene rings is 1. The third-order valence-corrected chi connectivity index (χ3v) is 4.10. The molecule has 0 amide bonds. The number of ether oxygens (including phenoxy) is 1. The maximum Gasteiger partial charge on any atom is 0.241 e. The zero-order valence-corrected chi connectivity index (χ0v) is 11.3. The molecule has 0 aliphatic carbocycles. The van der Waals surface area contributed by atoms with Crippen molar-refractivity contribution in [2.75, 3.05) is 7.11 Å². The van der Waals surface area contributed by atoms with Crippen LogP contribution in [0.4, 0.5) is 0 Å². The third-order valence-electron chi connectivity index (χ3n) is 2.55. The molecular formula is C11H14N4O3S. The molecule has 2 rings (SSSR count). The summed E-state index contributed by atoms with van der Waals surface area (Å²) in [5.74, 6) is 1.05. The van der Waals surface area contributed by atoms with Crippen LogP contribution >= 0.6 is 0 Å². The van der Waals surface area contributed by atoms with E-state index in [1.807, 2.05) is 0 Å². The Bertz CT molecular complexity index is 622. The second-order valence-corrected chi connectivity index (χ2v) is 5.60.